The van der Waals surface area contributed by atoms with Gasteiger partial charge in [-0.3, -0.25) is 14.4 Å². The molecule has 1 aliphatic rings. The average molecular weight is 434 g/mol. The van der Waals surface area contributed by atoms with Gasteiger partial charge in [0.1, 0.15) is 5.92 Å². The minimum absolute atomic E-state index is 0.0159. The van der Waals surface area contributed by atoms with Crippen molar-refractivity contribution in [2.45, 2.75) is 84.3 Å². The number of hydrogen-bond donors (Lipinski definition) is 0. The van der Waals surface area contributed by atoms with Gasteiger partial charge in [0.15, 0.2) is 14.5 Å². The van der Waals surface area contributed by atoms with E-state index in [2.05, 4.69) is 33.9 Å². The first-order valence-corrected chi connectivity index (χ1v) is 13.5. The Morgan fingerprint density at radius 2 is 1.77 bits per heavy atom. The fraction of sp³-hybridized carbons (Fsp3) is 0.609. The summed E-state index contributed by atoms with van der Waals surface area (Å²) in [6, 6.07) is 9.89. The summed E-state index contributed by atoms with van der Waals surface area (Å²) in [5.74, 6) is -1.80. The van der Waals surface area contributed by atoms with Crippen molar-refractivity contribution in [3.8, 4) is 0 Å². The van der Waals surface area contributed by atoms with Gasteiger partial charge in [0, 0.05) is 13.3 Å². The lowest BCUT2D eigenvalue weighted by molar-refractivity contribution is -0.207. The fourth-order valence-corrected chi connectivity index (χ4v) is 4.83. The monoisotopic (exact) mass is 433 g/mol. The first-order valence-electron chi connectivity index (χ1n) is 10.6. The molecular weight excluding hydrogens is 398 g/mol. The number of β-lactam (4-membered cyclic amide) rings is 1. The maximum atomic E-state index is 12.9. The molecule has 1 aromatic rings. The van der Waals surface area contributed by atoms with Crippen LogP contribution in [0.5, 0.6) is 0 Å². The number of carbonyl (C=O) groups excluding carboxylic acids is 3. The third-order valence-electron chi connectivity index (χ3n) is 6.13. The van der Waals surface area contributed by atoms with Gasteiger partial charge < -0.3 is 9.16 Å². The minimum atomic E-state index is -2.12. The van der Waals surface area contributed by atoms with E-state index >= 15 is 0 Å². The average Bonchev–Trinajstić information content (AvgIpc) is 2.60. The van der Waals surface area contributed by atoms with Gasteiger partial charge in [0.2, 0.25) is 11.8 Å². The van der Waals surface area contributed by atoms with E-state index < -0.39 is 32.5 Å². The third-order valence-corrected chi connectivity index (χ3v) is 10.7. The number of hydrogen-bond acceptors (Lipinski definition) is 5. The van der Waals surface area contributed by atoms with Gasteiger partial charge in [-0.15, -0.1) is 0 Å². The molecule has 1 fully saturated rings. The van der Waals surface area contributed by atoms with Gasteiger partial charge in [-0.2, -0.15) is 0 Å². The number of rotatable bonds is 8. The Kier molecular flexibility index (Phi) is 7.63. The Balaban J connectivity index is 2.03. The quantitative estimate of drug-likeness (QED) is 0.347. The molecule has 0 aliphatic carbocycles. The summed E-state index contributed by atoms with van der Waals surface area (Å²) in [4.78, 5) is 38.3. The van der Waals surface area contributed by atoms with E-state index in [9.17, 15) is 14.4 Å². The van der Waals surface area contributed by atoms with E-state index in [-0.39, 0.29) is 23.3 Å². The van der Waals surface area contributed by atoms with Gasteiger partial charge in [0.25, 0.3) is 0 Å². The van der Waals surface area contributed by atoms with Gasteiger partial charge in [-0.05, 0) is 43.5 Å². The lowest BCUT2D eigenvalue weighted by atomic mass is 9.89. The van der Waals surface area contributed by atoms with E-state index in [4.69, 9.17) is 9.16 Å². The van der Waals surface area contributed by atoms with Crippen LogP contribution >= 0.6 is 0 Å². The molecule has 2 rings (SSSR count). The highest BCUT2D eigenvalue weighted by molar-refractivity contribution is 6.74. The summed E-state index contributed by atoms with van der Waals surface area (Å²) in [5.41, 5.74) is 1.14. The normalized spacial score (nSPS) is 20.5. The summed E-state index contributed by atoms with van der Waals surface area (Å²) in [6.45, 7) is 13.7. The number of benzene rings is 1. The molecule has 0 saturated carbocycles. The second-order valence-electron chi connectivity index (χ2n) is 9.55. The van der Waals surface area contributed by atoms with Crippen molar-refractivity contribution in [3.05, 3.63) is 35.9 Å². The summed E-state index contributed by atoms with van der Waals surface area (Å²) < 4.78 is 11.7. The molecule has 0 aromatic heterocycles. The maximum absolute atomic E-state index is 12.9. The van der Waals surface area contributed by atoms with Gasteiger partial charge >= 0.3 is 5.97 Å². The SMILES string of the molecule is CC(=O)O[C@@H]1[C@@H]([C@@H](C)O[Si](C)(C)C(C)(C)C)C(=O)N1C(=O)CCCc1ccccc1. The zero-order valence-electron chi connectivity index (χ0n) is 19.2. The molecule has 0 N–H and O–H groups in total. The predicted molar refractivity (Wildman–Crippen MR) is 118 cm³/mol. The summed E-state index contributed by atoms with van der Waals surface area (Å²) >= 11 is 0. The Morgan fingerprint density at radius 3 is 2.30 bits per heavy atom. The summed E-state index contributed by atoms with van der Waals surface area (Å²) in [6.07, 6.45) is 0.277. The first-order chi connectivity index (χ1) is 13.8. The maximum Gasteiger partial charge on any atom is 0.304 e. The van der Waals surface area contributed by atoms with Crippen LogP contribution in [0.15, 0.2) is 30.3 Å². The molecule has 166 valence electrons. The van der Waals surface area contributed by atoms with Crippen molar-refractivity contribution in [2.75, 3.05) is 0 Å². The summed E-state index contributed by atoms with van der Waals surface area (Å²) in [7, 11) is -2.12. The molecule has 0 unspecified atom stereocenters. The van der Waals surface area contributed by atoms with Gasteiger partial charge in [0.05, 0.1) is 6.10 Å². The molecule has 1 heterocycles. The summed E-state index contributed by atoms with van der Waals surface area (Å²) in [5, 5.41) is -0.0159. The van der Waals surface area contributed by atoms with Crippen LogP contribution < -0.4 is 0 Å². The molecule has 1 saturated heterocycles. The fourth-order valence-electron chi connectivity index (χ4n) is 3.40. The minimum Gasteiger partial charge on any atom is -0.440 e. The van der Waals surface area contributed by atoms with Crippen LogP contribution in [-0.2, 0) is 30.0 Å². The van der Waals surface area contributed by atoms with Crippen molar-refractivity contribution in [1.29, 1.82) is 0 Å². The highest BCUT2D eigenvalue weighted by Gasteiger charge is 2.56. The van der Waals surface area contributed by atoms with E-state index in [1.807, 2.05) is 37.3 Å². The Morgan fingerprint density at radius 1 is 1.17 bits per heavy atom. The van der Waals surface area contributed by atoms with Crippen molar-refractivity contribution >= 4 is 26.1 Å². The van der Waals surface area contributed by atoms with Crippen LogP contribution in [0.1, 0.15) is 53.0 Å². The Labute approximate surface area is 181 Å². The molecule has 0 bridgehead atoms. The van der Waals surface area contributed by atoms with E-state index in [0.29, 0.717) is 6.42 Å². The zero-order chi connectivity index (χ0) is 22.7. The highest BCUT2D eigenvalue weighted by atomic mass is 28.4. The second-order valence-corrected chi connectivity index (χ2v) is 14.3. The van der Waals surface area contributed by atoms with Crippen molar-refractivity contribution < 1.29 is 23.5 Å². The number of aryl methyl sites for hydroxylation is 1. The molecular formula is C23H35NO5Si. The zero-order valence-corrected chi connectivity index (χ0v) is 20.2. The molecule has 7 heteroatoms. The molecule has 1 aliphatic heterocycles. The topological polar surface area (TPSA) is 72.9 Å². The predicted octanol–water partition coefficient (Wildman–Crippen LogP) is 4.29. The van der Waals surface area contributed by atoms with Gasteiger partial charge in [-0.1, -0.05) is 51.1 Å². The number of amides is 2. The van der Waals surface area contributed by atoms with E-state index in [0.717, 1.165) is 16.9 Å². The first kappa shape index (κ1) is 24.3. The van der Waals surface area contributed by atoms with E-state index in [1.54, 1.807) is 0 Å². The lowest BCUT2D eigenvalue weighted by Crippen LogP contribution is -2.68. The van der Waals surface area contributed by atoms with Crippen molar-refractivity contribution in [2.24, 2.45) is 5.92 Å². The lowest BCUT2D eigenvalue weighted by Gasteiger charge is -2.49. The highest BCUT2D eigenvalue weighted by Crippen LogP contribution is 2.40. The smallest absolute Gasteiger partial charge is 0.304 e. The van der Waals surface area contributed by atoms with Crippen LogP contribution in [0.25, 0.3) is 0 Å². The van der Waals surface area contributed by atoms with Crippen molar-refractivity contribution in [3.63, 3.8) is 0 Å². The number of esters is 1. The largest absolute Gasteiger partial charge is 0.440 e. The van der Waals surface area contributed by atoms with Gasteiger partial charge in [-0.25, -0.2) is 4.90 Å². The molecule has 6 nitrogen and oxygen atoms in total. The third kappa shape index (κ3) is 5.58. The number of carbonyl (C=O) groups is 3. The number of likely N-dealkylation sites (tertiary alicyclic amines) is 1. The molecule has 30 heavy (non-hydrogen) atoms. The number of nitrogens with zero attached hydrogens (tertiary/aromatic N) is 1. The molecule has 1 aromatic carbocycles. The molecule has 0 spiro atoms. The standard InChI is InChI=1S/C23H35NO5Si/c1-16(29-30(6,7)23(3,4)5)20-21(27)24(22(20)28-17(2)25)19(26)15-11-14-18-12-9-8-10-13-18/h8-10,12-13,16,20,22H,11,14-15H2,1-7H3/t16-,20+,22-/m1/s1. The Hall–Kier alpha value is -1.99. The Bertz CT molecular complexity index is 772. The van der Waals surface area contributed by atoms with Crippen LogP contribution in [0.3, 0.4) is 0 Å². The molecule has 2 amide bonds. The van der Waals surface area contributed by atoms with Crippen molar-refractivity contribution in [1.82, 2.24) is 4.90 Å². The van der Waals surface area contributed by atoms with Crippen LogP contribution in [0.4, 0.5) is 0 Å². The number of ether oxygens (including phenoxy) is 1. The van der Waals surface area contributed by atoms with Crippen LogP contribution in [0.2, 0.25) is 18.1 Å². The van der Waals surface area contributed by atoms with Crippen LogP contribution in [0, 0.1) is 5.92 Å². The molecule has 3 atom stereocenters. The molecule has 0 radical (unpaired) electrons. The number of imide groups is 1. The second kappa shape index (κ2) is 9.43. The van der Waals surface area contributed by atoms with Crippen LogP contribution in [-0.4, -0.2) is 43.3 Å². The van der Waals surface area contributed by atoms with E-state index in [1.165, 1.54) is 6.92 Å².